The molecule has 3 aromatic rings. The van der Waals surface area contributed by atoms with Gasteiger partial charge in [-0.1, -0.05) is 18.5 Å². The highest BCUT2D eigenvalue weighted by atomic mass is 35.5. The van der Waals surface area contributed by atoms with Gasteiger partial charge in [0.05, 0.1) is 30.0 Å². The van der Waals surface area contributed by atoms with Crippen LogP contribution in [0.5, 0.6) is 0 Å². The molecule has 0 aliphatic heterocycles. The number of hydroxylamine groups is 2. The molecule has 200 valence electrons. The number of carbonyl (C=O) groups is 1. The first-order valence-electron chi connectivity index (χ1n) is 11.1. The molecule has 0 spiro atoms. The normalized spacial score (nSPS) is 13.5. The number of Topliss-reactive ketones (excluding diaryl/α,β-unsaturated/α-hetero) is 1. The van der Waals surface area contributed by atoms with E-state index in [0.717, 1.165) is 18.2 Å². The third kappa shape index (κ3) is 7.34. The van der Waals surface area contributed by atoms with Crippen molar-refractivity contribution in [3.63, 3.8) is 0 Å². The Hall–Kier alpha value is -2.87. The summed E-state index contributed by atoms with van der Waals surface area (Å²) in [6.07, 6.45) is 0.136. The van der Waals surface area contributed by atoms with Crippen molar-refractivity contribution in [1.82, 2.24) is 5.06 Å². The minimum absolute atomic E-state index is 0.00159. The molecule has 9 nitrogen and oxygen atoms in total. The third-order valence-corrected chi connectivity index (χ3v) is 6.90. The van der Waals surface area contributed by atoms with Crippen LogP contribution in [0, 0.1) is 11.6 Å². The molecule has 1 heterocycles. The van der Waals surface area contributed by atoms with E-state index in [-0.39, 0.29) is 34.9 Å². The number of furan rings is 1. The largest absolute Gasteiger partial charge is 0.467 e. The zero-order chi connectivity index (χ0) is 27.3. The number of aliphatic hydroxyl groups is 1. The number of likely N-dealkylation sites (N-methyl/N-ethyl adjacent to an activating group) is 1. The van der Waals surface area contributed by atoms with Gasteiger partial charge < -0.3 is 14.8 Å². The zero-order valence-corrected chi connectivity index (χ0v) is 21.5. The lowest BCUT2D eigenvalue weighted by atomic mass is 10.0. The Balaban J connectivity index is 1.81. The summed E-state index contributed by atoms with van der Waals surface area (Å²) in [5.74, 6) is -1.76. The van der Waals surface area contributed by atoms with Gasteiger partial charge in [0.15, 0.2) is 5.78 Å². The summed E-state index contributed by atoms with van der Waals surface area (Å²) < 4.78 is 56.4. The number of carbonyl (C=O) groups excluding carboxylic acids is 1. The molecule has 37 heavy (non-hydrogen) atoms. The van der Waals surface area contributed by atoms with Crippen LogP contribution in [0.25, 0.3) is 0 Å². The molecule has 0 aliphatic rings. The van der Waals surface area contributed by atoms with E-state index >= 15 is 0 Å². The fourth-order valence-corrected chi connectivity index (χ4v) is 4.74. The number of aliphatic hydroxyl groups excluding tert-OH is 1. The summed E-state index contributed by atoms with van der Waals surface area (Å²) in [7, 11) is -4.24. The lowest BCUT2D eigenvalue weighted by Crippen LogP contribution is -2.39. The van der Waals surface area contributed by atoms with Crippen LogP contribution in [0.1, 0.15) is 41.6 Å². The molecular weight excluding hydrogens is 532 g/mol. The molecule has 0 aliphatic carbocycles. The van der Waals surface area contributed by atoms with Gasteiger partial charge in [-0.25, -0.2) is 22.3 Å². The Kier molecular flexibility index (Phi) is 9.40. The van der Waals surface area contributed by atoms with Crippen LogP contribution in [-0.4, -0.2) is 43.6 Å². The van der Waals surface area contributed by atoms with E-state index in [9.17, 15) is 27.1 Å². The molecule has 2 atom stereocenters. The molecule has 0 bridgehead atoms. The number of ketones is 1. The lowest BCUT2D eigenvalue weighted by Gasteiger charge is -2.30. The highest BCUT2D eigenvalue weighted by Crippen LogP contribution is 2.30. The molecule has 0 saturated heterocycles. The molecule has 0 amide bonds. The molecule has 0 saturated carbocycles. The van der Waals surface area contributed by atoms with Crippen LogP contribution in [0.4, 0.5) is 14.5 Å². The smallest absolute Gasteiger partial charge is 0.239 e. The van der Waals surface area contributed by atoms with Crippen LogP contribution in [0.2, 0.25) is 5.02 Å². The van der Waals surface area contributed by atoms with Crippen molar-refractivity contribution in [2.24, 2.45) is 5.14 Å². The number of anilines is 1. The van der Waals surface area contributed by atoms with Gasteiger partial charge >= 0.3 is 0 Å². The van der Waals surface area contributed by atoms with Crippen LogP contribution < -0.4 is 10.5 Å². The predicted molar refractivity (Wildman–Crippen MR) is 132 cm³/mol. The van der Waals surface area contributed by atoms with E-state index < -0.39 is 51.1 Å². The van der Waals surface area contributed by atoms with Crippen LogP contribution in [0.3, 0.4) is 0 Å². The van der Waals surface area contributed by atoms with Crippen molar-refractivity contribution in [2.45, 2.75) is 37.4 Å². The lowest BCUT2D eigenvalue weighted by molar-refractivity contribution is -0.190. The number of sulfonamides is 1. The number of hydrogen-bond donors (Lipinski definition) is 3. The highest BCUT2D eigenvalue weighted by molar-refractivity contribution is 7.89. The van der Waals surface area contributed by atoms with E-state index in [2.05, 4.69) is 5.32 Å². The summed E-state index contributed by atoms with van der Waals surface area (Å²) in [6, 6.07) is 7.59. The zero-order valence-electron chi connectivity index (χ0n) is 19.9. The molecule has 3 rings (SSSR count). The second-order valence-electron chi connectivity index (χ2n) is 8.12. The maximum Gasteiger partial charge on any atom is 0.239 e. The average molecular weight is 558 g/mol. The van der Waals surface area contributed by atoms with Gasteiger partial charge in [-0.3, -0.25) is 9.63 Å². The molecule has 1 aromatic heterocycles. The molecule has 0 fully saturated rings. The molecule has 2 aromatic carbocycles. The first kappa shape index (κ1) is 28.7. The number of benzene rings is 2. The summed E-state index contributed by atoms with van der Waals surface area (Å²) in [6.45, 7) is 3.07. The summed E-state index contributed by atoms with van der Waals surface area (Å²) in [5, 5.41) is 19.9. The Bertz CT molecular complexity index is 1330. The number of nitrogens with zero attached hydrogens (tertiary/aromatic N) is 1. The Morgan fingerprint density at radius 3 is 2.49 bits per heavy atom. The number of nitrogens with one attached hydrogen (secondary N) is 1. The quantitative estimate of drug-likeness (QED) is 0.224. The summed E-state index contributed by atoms with van der Waals surface area (Å²) in [5.41, 5.74) is 0.156. The SMILES string of the molecule is CCN(OCC(=O)c1cc(S(N)(=O)=O)c(Cl)cc1NCc1ccco1)C(C)C(O)c1cc(F)cc(F)c1. The average Bonchev–Trinajstić information content (AvgIpc) is 3.34. The van der Waals surface area contributed by atoms with E-state index in [4.69, 9.17) is 26.0 Å². The van der Waals surface area contributed by atoms with Gasteiger partial charge in [-0.05, 0) is 48.9 Å². The highest BCUT2D eigenvalue weighted by Gasteiger charge is 2.26. The van der Waals surface area contributed by atoms with Crippen LogP contribution in [0.15, 0.2) is 58.0 Å². The number of hydrogen-bond acceptors (Lipinski definition) is 8. The fourth-order valence-electron chi connectivity index (χ4n) is 3.64. The Labute approximate surface area is 217 Å². The first-order valence-corrected chi connectivity index (χ1v) is 13.0. The number of rotatable bonds is 12. The third-order valence-electron chi connectivity index (χ3n) is 5.52. The van der Waals surface area contributed by atoms with Crippen molar-refractivity contribution in [3.8, 4) is 0 Å². The van der Waals surface area contributed by atoms with Gasteiger partial charge in [0, 0.05) is 23.9 Å². The van der Waals surface area contributed by atoms with Gasteiger partial charge in [0.2, 0.25) is 10.0 Å². The van der Waals surface area contributed by atoms with E-state index in [0.29, 0.717) is 11.8 Å². The van der Waals surface area contributed by atoms with Crippen LogP contribution >= 0.6 is 11.6 Å². The van der Waals surface area contributed by atoms with E-state index in [1.807, 2.05) is 0 Å². The second kappa shape index (κ2) is 12.1. The summed E-state index contributed by atoms with van der Waals surface area (Å²) in [4.78, 5) is 18.3. The molecule has 13 heteroatoms. The van der Waals surface area contributed by atoms with Gasteiger partial charge in [-0.2, -0.15) is 5.06 Å². The monoisotopic (exact) mass is 557 g/mol. The minimum atomic E-state index is -4.24. The minimum Gasteiger partial charge on any atom is -0.467 e. The van der Waals surface area contributed by atoms with E-state index in [1.165, 1.54) is 17.4 Å². The number of nitrogens with two attached hydrogens (primary N) is 1. The second-order valence-corrected chi connectivity index (χ2v) is 10.1. The Morgan fingerprint density at radius 2 is 1.92 bits per heavy atom. The van der Waals surface area contributed by atoms with Crippen LogP contribution in [-0.2, 0) is 21.4 Å². The molecule has 2 unspecified atom stereocenters. The van der Waals surface area contributed by atoms with Gasteiger partial charge in [0.1, 0.15) is 28.9 Å². The van der Waals surface area contributed by atoms with Crippen molar-refractivity contribution in [2.75, 3.05) is 18.5 Å². The molecule has 0 radical (unpaired) electrons. The van der Waals surface area contributed by atoms with Gasteiger partial charge in [-0.15, -0.1) is 0 Å². The van der Waals surface area contributed by atoms with Crippen molar-refractivity contribution < 1.29 is 36.4 Å². The maximum absolute atomic E-state index is 13.6. The first-order chi connectivity index (χ1) is 17.4. The van der Waals surface area contributed by atoms with Crippen molar-refractivity contribution >= 4 is 33.1 Å². The Morgan fingerprint density at radius 1 is 1.24 bits per heavy atom. The van der Waals surface area contributed by atoms with Gasteiger partial charge in [0.25, 0.3) is 0 Å². The number of halogens is 3. The fraction of sp³-hybridized carbons (Fsp3) is 0.292. The maximum atomic E-state index is 13.6. The predicted octanol–water partition coefficient (Wildman–Crippen LogP) is 4.03. The van der Waals surface area contributed by atoms with Crippen molar-refractivity contribution in [3.05, 3.63) is 82.3 Å². The van der Waals surface area contributed by atoms with Crippen molar-refractivity contribution in [1.29, 1.82) is 0 Å². The van der Waals surface area contributed by atoms with E-state index in [1.54, 1.807) is 26.0 Å². The topological polar surface area (TPSA) is 135 Å². The molecular formula is C24H26ClF2N3O6S. The number of primary sulfonamides is 1. The summed E-state index contributed by atoms with van der Waals surface area (Å²) >= 11 is 6.10. The standard InChI is InChI=1S/C24H26ClF2N3O6S/c1-3-30(14(2)24(32)15-7-16(26)9-17(27)8-15)36-13-22(31)19-10-23(37(28,33)34)20(25)11-21(19)29-12-18-5-4-6-35-18/h4-11,14,24,29,32H,3,12-13H2,1-2H3,(H2,28,33,34). The molecule has 4 N–H and O–H groups in total.